The molecule has 25 heavy (non-hydrogen) atoms. The van der Waals surface area contributed by atoms with Gasteiger partial charge in [-0.2, -0.15) is 0 Å². The third-order valence-corrected chi connectivity index (χ3v) is 3.61. The van der Waals surface area contributed by atoms with Crippen molar-refractivity contribution in [2.24, 2.45) is 0 Å². The minimum Gasteiger partial charge on any atom is -0.481 e. The van der Waals surface area contributed by atoms with E-state index in [1.54, 1.807) is 24.3 Å². The Kier molecular flexibility index (Phi) is 6.70. The Balaban J connectivity index is 1.73. The first-order chi connectivity index (χ1) is 12.0. The number of carbonyl (C=O) groups is 1. The zero-order chi connectivity index (χ0) is 18.2. The fraction of sp³-hybridized carbons (Fsp3) is 0.188. The average Bonchev–Trinajstić information content (AvgIpc) is 2.58. The molecule has 0 saturated heterocycles. The van der Waals surface area contributed by atoms with E-state index in [9.17, 15) is 19.3 Å². The summed E-state index contributed by atoms with van der Waals surface area (Å²) in [6, 6.07) is 10.5. The topological polar surface area (TPSA) is 93.5 Å². The number of nitro benzene ring substituents is 1. The third-order valence-electron chi connectivity index (χ3n) is 3.12. The summed E-state index contributed by atoms with van der Waals surface area (Å²) >= 11 is 3.13. The maximum atomic E-state index is 13.5. The SMILES string of the molecule is O=C(COc1ccc(Br)cc1F)NCCNc1ccccc1[N+](=O)[O-]. The maximum absolute atomic E-state index is 13.5. The Bertz CT molecular complexity index is 773. The van der Waals surface area contributed by atoms with Crippen LogP contribution in [-0.4, -0.2) is 30.5 Å². The second-order valence-corrected chi connectivity index (χ2v) is 5.83. The van der Waals surface area contributed by atoms with Crippen molar-refractivity contribution >= 4 is 33.2 Å². The Hall–Kier alpha value is -2.68. The highest BCUT2D eigenvalue weighted by Gasteiger charge is 2.11. The molecule has 0 bridgehead atoms. The lowest BCUT2D eigenvalue weighted by Gasteiger charge is -2.10. The van der Waals surface area contributed by atoms with Crippen LogP contribution >= 0.6 is 15.9 Å². The standard InChI is InChI=1S/C16H15BrFN3O4/c17-11-5-6-15(12(18)9-11)25-10-16(22)20-8-7-19-13-3-1-2-4-14(13)21(23)24/h1-6,9,19H,7-8,10H2,(H,20,22). The minimum atomic E-state index is -0.569. The highest BCUT2D eigenvalue weighted by Crippen LogP contribution is 2.23. The van der Waals surface area contributed by atoms with E-state index in [-0.39, 0.29) is 24.6 Å². The number of hydrogen-bond acceptors (Lipinski definition) is 5. The van der Waals surface area contributed by atoms with Crippen molar-refractivity contribution < 1.29 is 18.8 Å². The van der Waals surface area contributed by atoms with Gasteiger partial charge in [0.25, 0.3) is 11.6 Å². The van der Waals surface area contributed by atoms with E-state index in [4.69, 9.17) is 4.74 Å². The number of rotatable bonds is 8. The molecule has 0 aliphatic rings. The van der Waals surface area contributed by atoms with Gasteiger partial charge >= 0.3 is 0 Å². The number of hydrogen-bond donors (Lipinski definition) is 2. The third kappa shape index (κ3) is 5.71. The molecule has 0 aromatic heterocycles. The molecule has 0 unspecified atom stereocenters. The Morgan fingerprint density at radius 1 is 1.24 bits per heavy atom. The van der Waals surface area contributed by atoms with Crippen molar-refractivity contribution in [2.45, 2.75) is 0 Å². The van der Waals surface area contributed by atoms with Crippen molar-refractivity contribution in [3.8, 4) is 5.75 Å². The molecule has 1 amide bonds. The average molecular weight is 412 g/mol. The number of benzene rings is 2. The maximum Gasteiger partial charge on any atom is 0.292 e. The summed E-state index contributed by atoms with van der Waals surface area (Å²) in [5.41, 5.74) is 0.331. The largest absolute Gasteiger partial charge is 0.481 e. The number of anilines is 1. The fourth-order valence-corrected chi connectivity index (χ4v) is 2.30. The van der Waals surface area contributed by atoms with E-state index >= 15 is 0 Å². The summed E-state index contributed by atoms with van der Waals surface area (Å²) < 4.78 is 19.2. The lowest BCUT2D eigenvalue weighted by molar-refractivity contribution is -0.384. The molecule has 0 aliphatic carbocycles. The number of nitro groups is 1. The molecule has 0 saturated carbocycles. The van der Waals surface area contributed by atoms with Crippen LogP contribution < -0.4 is 15.4 Å². The van der Waals surface area contributed by atoms with Gasteiger partial charge in [-0.15, -0.1) is 0 Å². The number of amides is 1. The predicted octanol–water partition coefficient (Wildman–Crippen LogP) is 3.10. The molecule has 132 valence electrons. The van der Waals surface area contributed by atoms with E-state index in [1.165, 1.54) is 18.2 Å². The van der Waals surface area contributed by atoms with Crippen molar-refractivity contribution in [3.05, 3.63) is 62.9 Å². The fourth-order valence-electron chi connectivity index (χ4n) is 1.97. The Morgan fingerprint density at radius 3 is 2.72 bits per heavy atom. The molecule has 7 nitrogen and oxygen atoms in total. The smallest absolute Gasteiger partial charge is 0.292 e. The molecule has 0 aliphatic heterocycles. The molecule has 0 radical (unpaired) electrons. The van der Waals surface area contributed by atoms with Crippen LogP contribution in [0.3, 0.4) is 0 Å². The van der Waals surface area contributed by atoms with Crippen molar-refractivity contribution in [1.29, 1.82) is 0 Å². The van der Waals surface area contributed by atoms with Gasteiger partial charge in [0, 0.05) is 23.6 Å². The molecule has 2 N–H and O–H groups in total. The zero-order valence-electron chi connectivity index (χ0n) is 13.0. The number of halogens is 2. The molecule has 2 aromatic rings. The van der Waals surface area contributed by atoms with Gasteiger partial charge in [-0.3, -0.25) is 14.9 Å². The van der Waals surface area contributed by atoms with Crippen LogP contribution in [0.2, 0.25) is 0 Å². The number of para-hydroxylation sites is 2. The van der Waals surface area contributed by atoms with Crippen LogP contribution in [0.5, 0.6) is 5.75 Å². The van der Waals surface area contributed by atoms with Crippen LogP contribution in [0.25, 0.3) is 0 Å². The summed E-state index contributed by atoms with van der Waals surface area (Å²) in [5.74, 6) is -1.01. The number of carbonyl (C=O) groups excluding carboxylic acids is 1. The van der Waals surface area contributed by atoms with E-state index in [1.807, 2.05) is 0 Å². The predicted molar refractivity (Wildman–Crippen MR) is 94.2 cm³/mol. The van der Waals surface area contributed by atoms with Crippen LogP contribution in [0, 0.1) is 15.9 Å². The molecule has 9 heteroatoms. The molecular formula is C16H15BrFN3O4. The van der Waals surface area contributed by atoms with E-state index in [2.05, 4.69) is 26.6 Å². The Morgan fingerprint density at radius 2 is 2.00 bits per heavy atom. The van der Waals surface area contributed by atoms with Gasteiger partial charge in [0.05, 0.1) is 4.92 Å². The molecular weight excluding hydrogens is 397 g/mol. The van der Waals surface area contributed by atoms with Crippen molar-refractivity contribution in [1.82, 2.24) is 5.32 Å². The van der Waals surface area contributed by atoms with Gasteiger partial charge in [-0.1, -0.05) is 28.1 Å². The van der Waals surface area contributed by atoms with Crippen LogP contribution in [0.4, 0.5) is 15.8 Å². The van der Waals surface area contributed by atoms with Gasteiger partial charge in [-0.25, -0.2) is 4.39 Å². The van der Waals surface area contributed by atoms with Gasteiger partial charge in [-0.05, 0) is 24.3 Å². The second kappa shape index (κ2) is 8.97. The zero-order valence-corrected chi connectivity index (χ0v) is 14.6. The highest BCUT2D eigenvalue weighted by atomic mass is 79.9. The molecule has 2 rings (SSSR count). The van der Waals surface area contributed by atoms with Gasteiger partial charge in [0.2, 0.25) is 0 Å². The molecule has 0 heterocycles. The number of nitrogens with zero attached hydrogens (tertiary/aromatic N) is 1. The van der Waals surface area contributed by atoms with Crippen molar-refractivity contribution in [2.75, 3.05) is 25.0 Å². The summed E-state index contributed by atoms with van der Waals surface area (Å²) in [6.45, 7) is 0.199. The second-order valence-electron chi connectivity index (χ2n) is 4.91. The highest BCUT2D eigenvalue weighted by molar-refractivity contribution is 9.10. The molecule has 0 atom stereocenters. The minimum absolute atomic E-state index is 0.0172. The van der Waals surface area contributed by atoms with Crippen molar-refractivity contribution in [3.63, 3.8) is 0 Å². The first-order valence-electron chi connectivity index (χ1n) is 7.29. The van der Waals surface area contributed by atoms with E-state index in [0.717, 1.165) is 0 Å². The Labute approximate surface area is 151 Å². The monoisotopic (exact) mass is 411 g/mol. The van der Waals surface area contributed by atoms with Gasteiger partial charge < -0.3 is 15.4 Å². The normalized spacial score (nSPS) is 10.2. The van der Waals surface area contributed by atoms with Gasteiger partial charge in [0.1, 0.15) is 5.69 Å². The lowest BCUT2D eigenvalue weighted by Crippen LogP contribution is -2.32. The first-order valence-corrected chi connectivity index (χ1v) is 8.08. The lowest BCUT2D eigenvalue weighted by atomic mass is 10.2. The van der Waals surface area contributed by atoms with E-state index < -0.39 is 16.6 Å². The van der Waals surface area contributed by atoms with Crippen LogP contribution in [-0.2, 0) is 4.79 Å². The molecule has 0 spiro atoms. The summed E-state index contributed by atoms with van der Waals surface area (Å²) in [5, 5.41) is 16.3. The first kappa shape index (κ1) is 18.7. The number of nitrogens with one attached hydrogen (secondary N) is 2. The van der Waals surface area contributed by atoms with E-state index in [0.29, 0.717) is 16.7 Å². The van der Waals surface area contributed by atoms with Crippen LogP contribution in [0.15, 0.2) is 46.9 Å². The summed E-state index contributed by atoms with van der Waals surface area (Å²) in [6.07, 6.45) is 0. The molecule has 0 fully saturated rings. The van der Waals surface area contributed by atoms with Crippen LogP contribution in [0.1, 0.15) is 0 Å². The molecule has 2 aromatic carbocycles. The van der Waals surface area contributed by atoms with Gasteiger partial charge in [0.15, 0.2) is 18.2 Å². The quantitative estimate of drug-likeness (QED) is 0.395. The summed E-state index contributed by atoms with van der Waals surface area (Å²) in [4.78, 5) is 22.1. The summed E-state index contributed by atoms with van der Waals surface area (Å²) in [7, 11) is 0. The number of ether oxygens (including phenoxy) is 1.